The normalized spacial score (nSPS) is 14.8. The van der Waals surface area contributed by atoms with Crippen molar-refractivity contribution in [3.05, 3.63) is 56.5 Å². The quantitative estimate of drug-likeness (QED) is 0.372. The third-order valence-electron chi connectivity index (χ3n) is 6.50. The third-order valence-corrected chi connectivity index (χ3v) is 7.74. The molecule has 1 aliphatic rings. The van der Waals surface area contributed by atoms with Gasteiger partial charge in [-0.2, -0.15) is 0 Å². The minimum absolute atomic E-state index is 0.0324. The molecule has 0 atom stereocenters. The summed E-state index contributed by atoms with van der Waals surface area (Å²) in [5.74, 6) is 1.12. The molecule has 6 nitrogen and oxygen atoms in total. The van der Waals surface area contributed by atoms with E-state index in [2.05, 4.69) is 73.4 Å². The fraction of sp³-hybridized carbons (Fsp3) is 0.517. The van der Waals surface area contributed by atoms with E-state index in [9.17, 15) is 9.59 Å². The first-order valence-electron chi connectivity index (χ1n) is 12.7. The van der Waals surface area contributed by atoms with E-state index in [1.807, 2.05) is 36.4 Å². The number of carbonyl (C=O) groups is 2. The van der Waals surface area contributed by atoms with Gasteiger partial charge in [-0.1, -0.05) is 53.7 Å². The van der Waals surface area contributed by atoms with Crippen LogP contribution in [0.25, 0.3) is 0 Å². The fourth-order valence-corrected chi connectivity index (χ4v) is 5.03. The highest BCUT2D eigenvalue weighted by atomic mass is 79.9. The summed E-state index contributed by atoms with van der Waals surface area (Å²) in [6, 6.07) is 11.9. The van der Waals surface area contributed by atoms with E-state index in [-0.39, 0.29) is 35.9 Å². The predicted octanol–water partition coefficient (Wildman–Crippen LogP) is 6.33. The van der Waals surface area contributed by atoms with Crippen LogP contribution < -0.4 is 9.47 Å². The number of nitrogens with zero attached hydrogens (tertiary/aromatic N) is 2. The van der Waals surface area contributed by atoms with Crippen molar-refractivity contribution in [1.29, 1.82) is 0 Å². The molecule has 0 aliphatic carbocycles. The van der Waals surface area contributed by atoms with Crippen LogP contribution in [0.1, 0.15) is 59.1 Å². The van der Waals surface area contributed by atoms with Crippen LogP contribution in [0.4, 0.5) is 0 Å². The van der Waals surface area contributed by atoms with Gasteiger partial charge in [-0.3, -0.25) is 9.59 Å². The Morgan fingerprint density at radius 1 is 0.703 bits per heavy atom. The maximum Gasteiger partial charge on any atom is 0.260 e. The van der Waals surface area contributed by atoms with Gasteiger partial charge in [0.2, 0.25) is 0 Å². The third kappa shape index (κ3) is 8.21. The zero-order valence-electron chi connectivity index (χ0n) is 22.7. The molecule has 2 aromatic rings. The van der Waals surface area contributed by atoms with Crippen molar-refractivity contribution in [2.75, 3.05) is 39.4 Å². The number of benzene rings is 2. The van der Waals surface area contributed by atoms with Crippen LogP contribution in [-0.4, -0.2) is 61.0 Å². The van der Waals surface area contributed by atoms with Gasteiger partial charge in [0.1, 0.15) is 11.5 Å². The predicted molar refractivity (Wildman–Crippen MR) is 154 cm³/mol. The largest absolute Gasteiger partial charge is 0.483 e. The highest BCUT2D eigenvalue weighted by Gasteiger charge is 2.24. The Bertz CT molecular complexity index is 1030. The second-order valence-corrected chi connectivity index (χ2v) is 13.2. The van der Waals surface area contributed by atoms with Crippen molar-refractivity contribution >= 4 is 43.7 Å². The topological polar surface area (TPSA) is 59.1 Å². The molecule has 2 amide bonds. The molecule has 37 heavy (non-hydrogen) atoms. The van der Waals surface area contributed by atoms with Crippen LogP contribution in [0.5, 0.6) is 11.5 Å². The molecular weight excluding hydrogens is 600 g/mol. The molecule has 0 unspecified atom stereocenters. The molecule has 1 heterocycles. The van der Waals surface area contributed by atoms with Gasteiger partial charge < -0.3 is 19.3 Å². The van der Waals surface area contributed by atoms with E-state index < -0.39 is 0 Å². The molecule has 0 radical (unpaired) electrons. The number of carbonyl (C=O) groups excluding carboxylic acids is 2. The van der Waals surface area contributed by atoms with E-state index >= 15 is 0 Å². The SMILES string of the molecule is CC(C)(C)c1ccc(OCC(=O)N2CCCN(C(=O)COc3ccc(C(C)(C)C)cc3Br)CC2)c(Br)c1. The summed E-state index contributed by atoms with van der Waals surface area (Å²) in [5.41, 5.74) is 2.44. The molecule has 1 fully saturated rings. The number of hydrogen-bond acceptors (Lipinski definition) is 4. The van der Waals surface area contributed by atoms with Gasteiger partial charge in [-0.05, 0) is 84.5 Å². The average molecular weight is 638 g/mol. The summed E-state index contributed by atoms with van der Waals surface area (Å²) in [6.45, 7) is 15.0. The van der Waals surface area contributed by atoms with Crippen LogP contribution in [-0.2, 0) is 20.4 Å². The van der Waals surface area contributed by atoms with Gasteiger partial charge in [-0.25, -0.2) is 0 Å². The number of amides is 2. The van der Waals surface area contributed by atoms with Gasteiger partial charge in [0.05, 0.1) is 8.95 Å². The van der Waals surface area contributed by atoms with E-state index in [0.717, 1.165) is 8.95 Å². The fourth-order valence-electron chi connectivity index (χ4n) is 4.05. The molecular formula is C29H38Br2N2O4. The number of halogens is 2. The highest BCUT2D eigenvalue weighted by molar-refractivity contribution is 9.10. The zero-order valence-corrected chi connectivity index (χ0v) is 25.9. The number of ether oxygens (including phenoxy) is 2. The van der Waals surface area contributed by atoms with Gasteiger partial charge in [-0.15, -0.1) is 0 Å². The molecule has 0 bridgehead atoms. The molecule has 0 N–H and O–H groups in total. The smallest absolute Gasteiger partial charge is 0.260 e. The molecule has 3 rings (SSSR count). The lowest BCUT2D eigenvalue weighted by molar-refractivity contribution is -0.135. The first-order valence-corrected chi connectivity index (χ1v) is 14.3. The lowest BCUT2D eigenvalue weighted by atomic mass is 9.87. The van der Waals surface area contributed by atoms with Gasteiger partial charge >= 0.3 is 0 Å². The second kappa shape index (κ2) is 12.2. The Morgan fingerprint density at radius 2 is 1.08 bits per heavy atom. The summed E-state index contributed by atoms with van der Waals surface area (Å²) in [5, 5.41) is 0. The molecule has 1 aliphatic heterocycles. The molecule has 2 aromatic carbocycles. The minimum Gasteiger partial charge on any atom is -0.483 e. The summed E-state index contributed by atoms with van der Waals surface area (Å²) in [6.07, 6.45) is 0.714. The van der Waals surface area contributed by atoms with E-state index in [1.165, 1.54) is 11.1 Å². The van der Waals surface area contributed by atoms with Crippen molar-refractivity contribution in [2.45, 2.75) is 58.8 Å². The lowest BCUT2D eigenvalue weighted by Crippen LogP contribution is -2.40. The maximum absolute atomic E-state index is 12.8. The van der Waals surface area contributed by atoms with Gasteiger partial charge in [0.25, 0.3) is 11.8 Å². The summed E-state index contributed by atoms with van der Waals surface area (Å²) < 4.78 is 13.3. The Hall–Kier alpha value is -2.06. The summed E-state index contributed by atoms with van der Waals surface area (Å²) in [4.78, 5) is 29.2. The standard InChI is InChI=1S/C29H38Br2N2O4/c1-28(2,3)20-8-10-24(22(30)16-20)36-18-26(34)32-12-7-13-33(15-14-32)27(35)19-37-25-11-9-21(17-23(25)31)29(4,5)6/h8-11,16-17H,7,12-15,18-19H2,1-6H3. The summed E-state index contributed by atoms with van der Waals surface area (Å²) >= 11 is 7.12. The van der Waals surface area contributed by atoms with Crippen molar-refractivity contribution < 1.29 is 19.1 Å². The molecule has 1 saturated heterocycles. The molecule has 0 saturated carbocycles. The molecule has 0 spiro atoms. The van der Waals surface area contributed by atoms with Crippen LogP contribution in [0.15, 0.2) is 45.3 Å². The Morgan fingerprint density at radius 3 is 1.41 bits per heavy atom. The first-order chi connectivity index (χ1) is 17.3. The minimum atomic E-state index is -0.0831. The monoisotopic (exact) mass is 636 g/mol. The number of hydrogen-bond donors (Lipinski definition) is 0. The van der Waals surface area contributed by atoms with Crippen molar-refractivity contribution in [1.82, 2.24) is 9.80 Å². The molecule has 202 valence electrons. The van der Waals surface area contributed by atoms with E-state index in [1.54, 1.807) is 9.80 Å². The first kappa shape index (κ1) is 29.5. The lowest BCUT2D eigenvalue weighted by Gasteiger charge is -2.23. The van der Waals surface area contributed by atoms with Crippen LogP contribution in [0.3, 0.4) is 0 Å². The highest BCUT2D eigenvalue weighted by Crippen LogP contribution is 2.32. The second-order valence-electron chi connectivity index (χ2n) is 11.5. The number of rotatable bonds is 6. The van der Waals surface area contributed by atoms with Crippen molar-refractivity contribution in [3.63, 3.8) is 0 Å². The zero-order chi connectivity index (χ0) is 27.4. The van der Waals surface area contributed by atoms with Crippen LogP contribution in [0, 0.1) is 0 Å². The maximum atomic E-state index is 12.8. The Kier molecular flexibility index (Phi) is 9.73. The van der Waals surface area contributed by atoms with Gasteiger partial charge in [0, 0.05) is 26.2 Å². The summed E-state index contributed by atoms with van der Waals surface area (Å²) in [7, 11) is 0. The van der Waals surface area contributed by atoms with Crippen molar-refractivity contribution in [3.8, 4) is 11.5 Å². The average Bonchev–Trinajstić information content (AvgIpc) is 3.07. The van der Waals surface area contributed by atoms with Crippen LogP contribution in [0.2, 0.25) is 0 Å². The van der Waals surface area contributed by atoms with Gasteiger partial charge in [0.15, 0.2) is 13.2 Å². The molecule has 8 heteroatoms. The Labute approximate surface area is 237 Å². The Balaban J connectivity index is 1.49. The van der Waals surface area contributed by atoms with Crippen molar-refractivity contribution in [2.24, 2.45) is 0 Å². The van der Waals surface area contributed by atoms with E-state index in [0.29, 0.717) is 44.1 Å². The van der Waals surface area contributed by atoms with E-state index in [4.69, 9.17) is 9.47 Å². The van der Waals surface area contributed by atoms with Crippen LogP contribution >= 0.6 is 31.9 Å². The molecule has 0 aromatic heterocycles.